The fourth-order valence-corrected chi connectivity index (χ4v) is 3.58. The largest absolute Gasteiger partial charge is 0.348 e. The second kappa shape index (κ2) is 6.05. The zero-order valence-corrected chi connectivity index (χ0v) is 14.5. The summed E-state index contributed by atoms with van der Waals surface area (Å²) in [7, 11) is 0. The summed E-state index contributed by atoms with van der Waals surface area (Å²) in [6, 6.07) is 13.2. The van der Waals surface area contributed by atoms with Crippen LogP contribution in [0.2, 0.25) is 5.02 Å². The molecule has 25 heavy (non-hydrogen) atoms. The quantitative estimate of drug-likeness (QED) is 0.781. The van der Waals surface area contributed by atoms with Gasteiger partial charge in [0.25, 0.3) is 5.91 Å². The molecular weight excluding hydrogens is 336 g/mol. The highest BCUT2D eigenvalue weighted by Crippen LogP contribution is 2.30. The Labute approximate surface area is 150 Å². The number of hydrogen-bond acceptors (Lipinski definition) is 2. The monoisotopic (exact) mass is 352 g/mol. The molecule has 126 valence electrons. The molecule has 0 bridgehead atoms. The molecule has 1 N–H and O–H groups in total. The van der Waals surface area contributed by atoms with Crippen molar-refractivity contribution in [3.63, 3.8) is 0 Å². The van der Waals surface area contributed by atoms with Crippen LogP contribution in [0.4, 0.5) is 0 Å². The average Bonchev–Trinajstić information content (AvgIpc) is 2.93. The van der Waals surface area contributed by atoms with Crippen LogP contribution in [0.5, 0.6) is 0 Å². The minimum Gasteiger partial charge on any atom is -0.348 e. The molecule has 2 heterocycles. The van der Waals surface area contributed by atoms with Crippen molar-refractivity contribution in [3.05, 3.63) is 80.6 Å². The van der Waals surface area contributed by atoms with E-state index >= 15 is 0 Å². The normalized spacial score (nSPS) is 15.5. The van der Waals surface area contributed by atoms with Gasteiger partial charge in [-0.05, 0) is 42.7 Å². The zero-order chi connectivity index (χ0) is 17.6. The van der Waals surface area contributed by atoms with Gasteiger partial charge in [-0.25, -0.2) is 0 Å². The number of rotatable bonds is 3. The van der Waals surface area contributed by atoms with Crippen LogP contribution in [0.25, 0.3) is 10.9 Å². The molecule has 5 heteroatoms. The lowest BCUT2D eigenvalue weighted by atomic mass is 10.1. The Balaban J connectivity index is 1.68. The van der Waals surface area contributed by atoms with E-state index in [9.17, 15) is 9.59 Å². The van der Waals surface area contributed by atoms with Crippen molar-refractivity contribution in [3.8, 4) is 0 Å². The number of carbonyl (C=O) groups excluding carboxylic acids is 1. The van der Waals surface area contributed by atoms with Crippen molar-refractivity contribution in [2.24, 2.45) is 0 Å². The number of nitrogens with zero attached hydrogens (tertiary/aromatic N) is 1. The van der Waals surface area contributed by atoms with Crippen LogP contribution in [-0.2, 0) is 13.0 Å². The highest BCUT2D eigenvalue weighted by Gasteiger charge is 2.24. The van der Waals surface area contributed by atoms with E-state index in [1.54, 1.807) is 24.4 Å². The van der Waals surface area contributed by atoms with E-state index in [0.29, 0.717) is 17.0 Å². The van der Waals surface area contributed by atoms with E-state index in [4.69, 9.17) is 11.6 Å². The number of pyridine rings is 1. The Kier molecular flexibility index (Phi) is 3.85. The minimum atomic E-state index is -0.352. The topological polar surface area (TPSA) is 51.1 Å². The number of nitrogens with one attached hydrogen (secondary N) is 1. The van der Waals surface area contributed by atoms with Crippen LogP contribution in [-0.4, -0.2) is 10.5 Å². The van der Waals surface area contributed by atoms with Crippen LogP contribution in [0.1, 0.15) is 34.5 Å². The van der Waals surface area contributed by atoms with Crippen LogP contribution < -0.4 is 10.7 Å². The SMILES string of the molecule is CC1Cc2cccc3c(=O)c(C(=O)NCc4ccc(Cl)cc4)cn1c23. The third kappa shape index (κ3) is 2.72. The first kappa shape index (κ1) is 15.9. The number of carbonyl (C=O) groups is 1. The second-order valence-electron chi connectivity index (χ2n) is 6.45. The summed E-state index contributed by atoms with van der Waals surface area (Å²) in [6.45, 7) is 2.45. The summed E-state index contributed by atoms with van der Waals surface area (Å²) in [5, 5.41) is 4.09. The third-order valence-electron chi connectivity index (χ3n) is 4.74. The molecule has 0 saturated carbocycles. The first-order valence-electron chi connectivity index (χ1n) is 8.24. The van der Waals surface area contributed by atoms with Gasteiger partial charge in [0, 0.05) is 29.2 Å². The smallest absolute Gasteiger partial charge is 0.257 e. The molecule has 1 unspecified atom stereocenters. The summed E-state index contributed by atoms with van der Waals surface area (Å²) in [6.07, 6.45) is 2.58. The van der Waals surface area contributed by atoms with E-state index in [-0.39, 0.29) is 22.9 Å². The minimum absolute atomic E-state index is 0.187. The van der Waals surface area contributed by atoms with Crippen molar-refractivity contribution in [2.45, 2.75) is 25.9 Å². The Morgan fingerprint density at radius 1 is 1.24 bits per heavy atom. The highest BCUT2D eigenvalue weighted by molar-refractivity contribution is 6.30. The van der Waals surface area contributed by atoms with Crippen LogP contribution in [0.15, 0.2) is 53.5 Å². The summed E-state index contributed by atoms with van der Waals surface area (Å²) in [4.78, 5) is 25.4. The summed E-state index contributed by atoms with van der Waals surface area (Å²) < 4.78 is 2.04. The molecule has 1 amide bonds. The molecule has 1 aromatic heterocycles. The predicted molar refractivity (Wildman–Crippen MR) is 99.2 cm³/mol. The van der Waals surface area contributed by atoms with Gasteiger partial charge in [0.05, 0.1) is 5.52 Å². The van der Waals surface area contributed by atoms with E-state index < -0.39 is 0 Å². The van der Waals surface area contributed by atoms with Crippen LogP contribution in [0, 0.1) is 0 Å². The predicted octanol–water partition coefficient (Wildman–Crippen LogP) is 3.70. The van der Waals surface area contributed by atoms with Gasteiger partial charge >= 0.3 is 0 Å². The van der Waals surface area contributed by atoms with Gasteiger partial charge in [0.2, 0.25) is 5.43 Å². The Morgan fingerprint density at radius 3 is 2.76 bits per heavy atom. The lowest BCUT2D eigenvalue weighted by molar-refractivity contribution is 0.0949. The lowest BCUT2D eigenvalue weighted by Crippen LogP contribution is -2.29. The van der Waals surface area contributed by atoms with Crippen molar-refractivity contribution in [1.82, 2.24) is 9.88 Å². The molecule has 1 aliphatic heterocycles. The van der Waals surface area contributed by atoms with Gasteiger partial charge in [-0.1, -0.05) is 35.9 Å². The molecule has 4 nitrogen and oxygen atoms in total. The number of benzene rings is 2. The third-order valence-corrected chi connectivity index (χ3v) is 4.99. The molecular formula is C20H17ClN2O2. The summed E-state index contributed by atoms with van der Waals surface area (Å²) in [5.74, 6) is -0.352. The number of hydrogen-bond donors (Lipinski definition) is 1. The molecule has 0 fully saturated rings. The van der Waals surface area contributed by atoms with E-state index in [0.717, 1.165) is 23.1 Å². The molecule has 0 spiro atoms. The summed E-state index contributed by atoms with van der Waals surface area (Å²) in [5.41, 5.74) is 3.02. The second-order valence-corrected chi connectivity index (χ2v) is 6.89. The first-order valence-corrected chi connectivity index (χ1v) is 8.62. The molecule has 3 aromatic rings. The van der Waals surface area contributed by atoms with E-state index in [1.165, 1.54) is 0 Å². The van der Waals surface area contributed by atoms with Crippen LogP contribution >= 0.6 is 11.6 Å². The van der Waals surface area contributed by atoms with Gasteiger partial charge in [-0.15, -0.1) is 0 Å². The Morgan fingerprint density at radius 2 is 2.00 bits per heavy atom. The lowest BCUT2D eigenvalue weighted by Gasteiger charge is -2.12. The maximum Gasteiger partial charge on any atom is 0.257 e. The number of aromatic nitrogens is 1. The first-order chi connectivity index (χ1) is 12.0. The summed E-state index contributed by atoms with van der Waals surface area (Å²) >= 11 is 5.87. The fraction of sp³-hybridized carbons (Fsp3) is 0.200. The number of halogens is 1. The van der Waals surface area contributed by atoms with Gasteiger partial charge in [0.1, 0.15) is 5.56 Å². The maximum atomic E-state index is 12.8. The number of amides is 1. The molecule has 0 aliphatic carbocycles. The van der Waals surface area contributed by atoms with Gasteiger partial charge in [0.15, 0.2) is 0 Å². The van der Waals surface area contributed by atoms with E-state index in [2.05, 4.69) is 12.2 Å². The maximum absolute atomic E-state index is 12.8. The standard InChI is InChI=1S/C20H17ClN2O2/c1-12-9-14-3-2-4-16-18(14)23(12)11-17(19(16)24)20(25)22-10-13-5-7-15(21)8-6-13/h2-8,11-12H,9-10H2,1H3,(H,22,25). The van der Waals surface area contributed by atoms with Crippen molar-refractivity contribution >= 4 is 28.4 Å². The average molecular weight is 353 g/mol. The van der Waals surface area contributed by atoms with Crippen molar-refractivity contribution in [1.29, 1.82) is 0 Å². The van der Waals surface area contributed by atoms with Crippen LogP contribution in [0.3, 0.4) is 0 Å². The Hall–Kier alpha value is -2.59. The van der Waals surface area contributed by atoms with Gasteiger partial charge < -0.3 is 9.88 Å². The molecule has 1 aliphatic rings. The molecule has 1 atom stereocenters. The van der Waals surface area contributed by atoms with Crippen molar-refractivity contribution in [2.75, 3.05) is 0 Å². The Bertz CT molecular complexity index is 1040. The van der Waals surface area contributed by atoms with E-state index in [1.807, 2.05) is 28.8 Å². The zero-order valence-electron chi connectivity index (χ0n) is 13.8. The number of para-hydroxylation sites is 1. The fourth-order valence-electron chi connectivity index (χ4n) is 3.46. The van der Waals surface area contributed by atoms with Crippen molar-refractivity contribution < 1.29 is 4.79 Å². The highest BCUT2D eigenvalue weighted by atomic mass is 35.5. The van der Waals surface area contributed by atoms with Gasteiger partial charge in [-0.3, -0.25) is 9.59 Å². The molecule has 4 rings (SSSR count). The molecule has 0 radical (unpaired) electrons. The van der Waals surface area contributed by atoms with Gasteiger partial charge in [-0.2, -0.15) is 0 Å². The molecule has 2 aromatic carbocycles. The molecule has 0 saturated heterocycles.